The molecule has 11 heteroatoms. The molecule has 0 saturated heterocycles. The van der Waals surface area contributed by atoms with Crippen molar-refractivity contribution in [3.63, 3.8) is 0 Å². The molecule has 0 aromatic heterocycles. The molecule has 0 radical (unpaired) electrons. The second kappa shape index (κ2) is 9.43. The number of hydrogen-bond acceptors (Lipinski definition) is 5. The molecule has 0 aliphatic carbocycles. The first kappa shape index (κ1) is 22.9. The molecule has 7 nitrogen and oxygen atoms in total. The van der Waals surface area contributed by atoms with Crippen molar-refractivity contribution in [2.75, 3.05) is 11.9 Å². The van der Waals surface area contributed by atoms with Gasteiger partial charge in [0.2, 0.25) is 10.0 Å². The Bertz CT molecular complexity index is 1090. The highest BCUT2D eigenvalue weighted by Gasteiger charge is 2.30. The first-order valence-electron chi connectivity index (χ1n) is 8.45. The third-order valence-electron chi connectivity index (χ3n) is 3.87. The van der Waals surface area contributed by atoms with Crippen LogP contribution in [-0.2, 0) is 27.4 Å². The number of nitrogens with one attached hydrogen (secondary N) is 2. The number of carbonyl (C=O) groups excluding carboxylic acids is 1. The molecule has 4 N–H and O–H groups in total. The van der Waals surface area contributed by atoms with Gasteiger partial charge in [-0.3, -0.25) is 4.79 Å². The van der Waals surface area contributed by atoms with Crippen LogP contribution in [0.25, 0.3) is 0 Å². The van der Waals surface area contributed by atoms with Gasteiger partial charge < -0.3 is 10.6 Å². The highest BCUT2D eigenvalue weighted by Crippen LogP contribution is 2.30. The summed E-state index contributed by atoms with van der Waals surface area (Å²) in [5.74, 6) is -0.859. The summed E-state index contributed by atoms with van der Waals surface area (Å²) in [6, 6.07) is 11.6. The molecule has 30 heavy (non-hydrogen) atoms. The average Bonchev–Trinajstić information content (AvgIpc) is 2.67. The van der Waals surface area contributed by atoms with Crippen LogP contribution in [0.1, 0.15) is 11.1 Å². The molecule has 0 aliphatic rings. The zero-order chi connectivity index (χ0) is 22.4. The zero-order valence-corrected chi connectivity index (χ0v) is 16.2. The van der Waals surface area contributed by atoms with Crippen LogP contribution in [0.3, 0.4) is 0 Å². The maximum Gasteiger partial charge on any atom is 0.416 e. The first-order chi connectivity index (χ1) is 14.0. The Labute approximate surface area is 171 Å². The van der Waals surface area contributed by atoms with Crippen molar-refractivity contribution in [3.8, 4) is 6.07 Å². The zero-order valence-electron chi connectivity index (χ0n) is 15.4. The van der Waals surface area contributed by atoms with Gasteiger partial charge in [-0.05, 0) is 42.3 Å². The Morgan fingerprint density at radius 1 is 1.17 bits per heavy atom. The minimum absolute atomic E-state index is 0.0165. The fourth-order valence-corrected chi connectivity index (χ4v) is 2.87. The third-order valence-corrected chi connectivity index (χ3v) is 4.80. The summed E-state index contributed by atoms with van der Waals surface area (Å²) in [6.07, 6.45) is -2.94. The van der Waals surface area contributed by atoms with Crippen LogP contribution >= 0.6 is 0 Å². The van der Waals surface area contributed by atoms with E-state index in [1.165, 1.54) is 18.2 Å². The van der Waals surface area contributed by atoms with Crippen molar-refractivity contribution in [1.82, 2.24) is 5.32 Å². The molecule has 0 unspecified atom stereocenters. The van der Waals surface area contributed by atoms with Gasteiger partial charge in [-0.1, -0.05) is 18.2 Å². The van der Waals surface area contributed by atoms with Crippen LogP contribution in [-0.4, -0.2) is 20.9 Å². The van der Waals surface area contributed by atoms with Gasteiger partial charge in [0, 0.05) is 18.4 Å². The Morgan fingerprint density at radius 2 is 1.83 bits per heavy atom. The van der Waals surface area contributed by atoms with Crippen molar-refractivity contribution < 1.29 is 26.4 Å². The number of hydrogen-bond donors (Lipinski definition) is 3. The predicted octanol–water partition coefficient (Wildman–Crippen LogP) is 2.53. The van der Waals surface area contributed by atoms with Crippen molar-refractivity contribution in [2.45, 2.75) is 17.5 Å². The summed E-state index contributed by atoms with van der Waals surface area (Å²) < 4.78 is 60.6. The van der Waals surface area contributed by atoms with E-state index < -0.39 is 27.7 Å². The molecule has 1 amide bonds. The smallest absolute Gasteiger partial charge is 0.389 e. The summed E-state index contributed by atoms with van der Waals surface area (Å²) in [4.78, 5) is 12.1. The van der Waals surface area contributed by atoms with Crippen LogP contribution in [0.2, 0.25) is 0 Å². The average molecular weight is 438 g/mol. The minimum Gasteiger partial charge on any atom is -0.389 e. The summed E-state index contributed by atoms with van der Waals surface area (Å²) in [6.45, 7) is 0.316. The van der Waals surface area contributed by atoms with Crippen molar-refractivity contribution in [3.05, 3.63) is 71.4 Å². The van der Waals surface area contributed by atoms with Gasteiger partial charge in [0.15, 0.2) is 0 Å². The van der Waals surface area contributed by atoms with Gasteiger partial charge in [0.25, 0.3) is 5.91 Å². The van der Waals surface area contributed by atoms with E-state index in [9.17, 15) is 26.4 Å². The summed E-state index contributed by atoms with van der Waals surface area (Å²) in [7, 11) is -3.77. The molecule has 0 fully saturated rings. The quantitative estimate of drug-likeness (QED) is 0.348. The third kappa shape index (κ3) is 6.61. The lowest BCUT2D eigenvalue weighted by Gasteiger charge is -2.09. The number of carbonyl (C=O) groups is 1. The molecule has 0 atom stereocenters. The number of nitrogens with two attached hydrogens (primary N) is 1. The molecular weight excluding hydrogens is 421 g/mol. The van der Waals surface area contributed by atoms with Crippen molar-refractivity contribution in [2.24, 2.45) is 5.14 Å². The topological polar surface area (TPSA) is 125 Å². The van der Waals surface area contributed by atoms with Gasteiger partial charge in [0.1, 0.15) is 11.6 Å². The standard InChI is InChI=1S/C19H17F3N4O3S/c20-19(21,22)15-2-1-3-16(10-15)26-18(27)14(11-23)12-25-9-8-13-4-6-17(7-5-13)30(24,28)29/h1-7,10,12,25H,8-9H2,(H,26,27)(H2,24,28,29)/b14-12-. The van der Waals surface area contributed by atoms with E-state index in [0.29, 0.717) is 13.0 Å². The van der Waals surface area contributed by atoms with Gasteiger partial charge >= 0.3 is 6.18 Å². The van der Waals surface area contributed by atoms with Gasteiger partial charge in [-0.2, -0.15) is 18.4 Å². The van der Waals surface area contributed by atoms with E-state index in [-0.39, 0.29) is 16.2 Å². The van der Waals surface area contributed by atoms with Crippen LogP contribution < -0.4 is 15.8 Å². The van der Waals surface area contributed by atoms with Crippen LogP contribution in [0.15, 0.2) is 65.2 Å². The maximum atomic E-state index is 12.7. The number of anilines is 1. The van der Waals surface area contributed by atoms with E-state index in [0.717, 1.165) is 30.0 Å². The van der Waals surface area contributed by atoms with Gasteiger partial charge in [-0.25, -0.2) is 13.6 Å². The molecule has 0 spiro atoms. The molecule has 2 aromatic rings. The number of nitriles is 1. The van der Waals surface area contributed by atoms with Crippen LogP contribution in [0.4, 0.5) is 18.9 Å². The normalized spacial score (nSPS) is 12.2. The second-order valence-corrected chi connectivity index (χ2v) is 7.66. The van der Waals surface area contributed by atoms with Crippen molar-refractivity contribution in [1.29, 1.82) is 5.26 Å². The highest BCUT2D eigenvalue weighted by molar-refractivity contribution is 7.89. The molecule has 0 heterocycles. The SMILES string of the molecule is N#C/C(=C/NCCc1ccc(S(N)(=O)=O)cc1)C(=O)Nc1cccc(C(F)(F)F)c1. The van der Waals surface area contributed by atoms with Gasteiger partial charge in [-0.15, -0.1) is 0 Å². The number of nitrogens with zero attached hydrogens (tertiary/aromatic N) is 1. The lowest BCUT2D eigenvalue weighted by Crippen LogP contribution is -2.18. The Hall–Kier alpha value is -3.36. The number of sulfonamides is 1. The van der Waals surface area contributed by atoms with E-state index in [1.54, 1.807) is 18.2 Å². The number of alkyl halides is 3. The lowest BCUT2D eigenvalue weighted by atomic mass is 10.1. The molecule has 0 aliphatic heterocycles. The molecule has 158 valence electrons. The van der Waals surface area contributed by atoms with E-state index in [1.807, 2.05) is 0 Å². The Balaban J connectivity index is 1.94. The van der Waals surface area contributed by atoms with E-state index in [2.05, 4.69) is 10.6 Å². The van der Waals surface area contributed by atoms with Crippen LogP contribution in [0.5, 0.6) is 0 Å². The minimum atomic E-state index is -4.55. The summed E-state index contributed by atoms with van der Waals surface area (Å²) in [5.41, 5.74) is -0.549. The molecule has 0 bridgehead atoms. The first-order valence-corrected chi connectivity index (χ1v) is 9.99. The molecule has 2 aromatic carbocycles. The Morgan fingerprint density at radius 3 is 2.40 bits per heavy atom. The van der Waals surface area contributed by atoms with Gasteiger partial charge in [0.05, 0.1) is 10.5 Å². The number of amides is 1. The number of primary sulfonamides is 1. The second-order valence-electron chi connectivity index (χ2n) is 6.10. The number of rotatable bonds is 7. The van der Waals surface area contributed by atoms with Crippen molar-refractivity contribution >= 4 is 21.6 Å². The fraction of sp³-hybridized carbons (Fsp3) is 0.158. The molecular formula is C19H17F3N4O3S. The Kier molecular flexibility index (Phi) is 7.20. The van der Waals surface area contributed by atoms with E-state index >= 15 is 0 Å². The summed E-state index contributed by atoms with van der Waals surface area (Å²) in [5, 5.41) is 19.1. The largest absolute Gasteiger partial charge is 0.416 e. The predicted molar refractivity (Wildman–Crippen MR) is 103 cm³/mol. The molecule has 2 rings (SSSR count). The monoisotopic (exact) mass is 438 g/mol. The highest BCUT2D eigenvalue weighted by atomic mass is 32.2. The van der Waals surface area contributed by atoms with Crippen LogP contribution in [0, 0.1) is 11.3 Å². The maximum absolute atomic E-state index is 12.7. The number of halogens is 3. The van der Waals surface area contributed by atoms with E-state index in [4.69, 9.17) is 10.4 Å². The lowest BCUT2D eigenvalue weighted by molar-refractivity contribution is -0.137. The molecule has 0 saturated carbocycles. The summed E-state index contributed by atoms with van der Waals surface area (Å²) >= 11 is 0. The fourth-order valence-electron chi connectivity index (χ4n) is 2.36. The number of benzene rings is 2.